The van der Waals surface area contributed by atoms with Crippen LogP contribution in [0.25, 0.3) is 16.3 Å². The molecular weight excluding hydrogens is 338 g/mol. The van der Waals surface area contributed by atoms with Crippen LogP contribution in [0.3, 0.4) is 0 Å². The number of aromatic nitrogens is 2. The van der Waals surface area contributed by atoms with Crippen molar-refractivity contribution in [1.82, 2.24) is 15.3 Å². The van der Waals surface area contributed by atoms with E-state index < -0.39 is 0 Å². The third-order valence-corrected chi connectivity index (χ3v) is 5.35. The zero-order chi connectivity index (χ0) is 19.0. The zero-order valence-corrected chi connectivity index (χ0v) is 16.0. The van der Waals surface area contributed by atoms with Crippen LogP contribution in [0.15, 0.2) is 18.3 Å². The summed E-state index contributed by atoms with van der Waals surface area (Å²) in [5.74, 6) is 0.327. The van der Waals surface area contributed by atoms with Crippen LogP contribution in [0.2, 0.25) is 0 Å². The highest BCUT2D eigenvalue weighted by atomic mass is 16.1. The number of hydrogen-bond acceptors (Lipinski definition) is 4. The van der Waals surface area contributed by atoms with Gasteiger partial charge in [-0.15, -0.1) is 0 Å². The van der Waals surface area contributed by atoms with Gasteiger partial charge in [-0.05, 0) is 66.7 Å². The van der Waals surface area contributed by atoms with Crippen molar-refractivity contribution < 1.29 is 9.59 Å². The second-order valence-corrected chi connectivity index (χ2v) is 7.91. The first kappa shape index (κ1) is 17.8. The molecule has 1 amide bonds. The molecule has 0 spiro atoms. The number of amides is 1. The minimum absolute atomic E-state index is 0.0540. The van der Waals surface area contributed by atoms with Gasteiger partial charge in [0.25, 0.3) is 0 Å². The molecule has 0 unspecified atom stereocenters. The molecule has 0 saturated carbocycles. The molecule has 27 heavy (non-hydrogen) atoms. The molecule has 140 valence electrons. The highest BCUT2D eigenvalue weighted by Gasteiger charge is 2.26. The van der Waals surface area contributed by atoms with Crippen molar-refractivity contribution in [2.24, 2.45) is 5.92 Å². The maximum absolute atomic E-state index is 12.6. The van der Waals surface area contributed by atoms with Crippen molar-refractivity contribution in [3.8, 4) is 0 Å². The molecular formula is C22H25N3O2. The van der Waals surface area contributed by atoms with E-state index in [2.05, 4.69) is 10.3 Å². The van der Waals surface area contributed by atoms with Gasteiger partial charge < -0.3 is 5.32 Å². The van der Waals surface area contributed by atoms with E-state index in [-0.39, 0.29) is 11.7 Å². The maximum atomic E-state index is 12.6. The highest BCUT2D eigenvalue weighted by Crippen LogP contribution is 2.37. The molecule has 0 bridgehead atoms. The van der Waals surface area contributed by atoms with Crippen molar-refractivity contribution in [2.75, 3.05) is 6.54 Å². The van der Waals surface area contributed by atoms with E-state index in [4.69, 9.17) is 4.98 Å². The molecule has 0 radical (unpaired) electrons. The standard InChI is InChI=1S/C22H25N3O2/c1-13(2)11-19(27)23-9-7-14-12-18(26)22-20-16(8-10-24-22)15-5-3-4-6-17(15)25-21(14)20/h8,10,12-13H,3-7,9,11H2,1-2H3,(H,23,27). The van der Waals surface area contributed by atoms with Crippen LogP contribution in [0.4, 0.5) is 0 Å². The summed E-state index contributed by atoms with van der Waals surface area (Å²) in [7, 11) is 0. The maximum Gasteiger partial charge on any atom is 0.220 e. The first-order valence-corrected chi connectivity index (χ1v) is 9.87. The Labute approximate surface area is 159 Å². The van der Waals surface area contributed by atoms with Gasteiger partial charge in [-0.2, -0.15) is 0 Å². The summed E-state index contributed by atoms with van der Waals surface area (Å²) in [5.41, 5.74) is 4.74. The monoisotopic (exact) mass is 363 g/mol. The van der Waals surface area contributed by atoms with Gasteiger partial charge in [-0.3, -0.25) is 19.6 Å². The number of carbonyl (C=O) groups is 2. The Balaban J connectivity index is 1.67. The molecule has 1 N–H and O–H groups in total. The molecule has 0 aliphatic heterocycles. The average molecular weight is 363 g/mol. The Bertz CT molecular complexity index is 960. The summed E-state index contributed by atoms with van der Waals surface area (Å²) in [6, 6.07) is 2.02. The summed E-state index contributed by atoms with van der Waals surface area (Å²) >= 11 is 0. The van der Waals surface area contributed by atoms with E-state index in [1.807, 2.05) is 19.9 Å². The Kier molecular flexibility index (Phi) is 4.77. The summed E-state index contributed by atoms with van der Waals surface area (Å²) in [6.45, 7) is 4.57. The lowest BCUT2D eigenvalue weighted by atomic mass is 9.86. The molecule has 5 heteroatoms. The molecule has 5 nitrogen and oxygen atoms in total. The molecule has 2 aromatic heterocycles. The van der Waals surface area contributed by atoms with Crippen LogP contribution in [0.1, 0.15) is 67.0 Å². The van der Waals surface area contributed by atoms with Crippen LogP contribution in [0, 0.1) is 5.92 Å². The average Bonchev–Trinajstić information content (AvgIpc) is 2.64. The summed E-state index contributed by atoms with van der Waals surface area (Å²) in [5, 5.41) is 4.98. The topological polar surface area (TPSA) is 72.0 Å². The Morgan fingerprint density at radius 2 is 2.04 bits per heavy atom. The van der Waals surface area contributed by atoms with Gasteiger partial charge in [0.15, 0.2) is 0 Å². The lowest BCUT2D eigenvalue weighted by Crippen LogP contribution is -2.26. The summed E-state index contributed by atoms with van der Waals surface area (Å²) in [6.07, 6.45) is 8.84. The van der Waals surface area contributed by atoms with Gasteiger partial charge in [0.05, 0.1) is 5.69 Å². The summed E-state index contributed by atoms with van der Waals surface area (Å²) in [4.78, 5) is 33.9. The number of carbonyl (C=O) groups excluding carboxylic acids is 2. The molecule has 0 saturated heterocycles. The molecule has 2 aliphatic carbocycles. The molecule has 2 aliphatic rings. The number of allylic oxidation sites excluding steroid dienone is 1. The Morgan fingerprint density at radius 3 is 2.85 bits per heavy atom. The summed E-state index contributed by atoms with van der Waals surface area (Å²) < 4.78 is 0. The third-order valence-electron chi connectivity index (χ3n) is 5.35. The van der Waals surface area contributed by atoms with Gasteiger partial charge in [-0.1, -0.05) is 13.8 Å². The van der Waals surface area contributed by atoms with Crippen LogP contribution in [0.5, 0.6) is 0 Å². The van der Waals surface area contributed by atoms with Crippen LogP contribution >= 0.6 is 0 Å². The normalized spacial score (nSPS) is 15.7. The third kappa shape index (κ3) is 3.38. The lowest BCUT2D eigenvalue weighted by Gasteiger charge is -2.23. The molecule has 2 heterocycles. The number of hydrogen-bond donors (Lipinski definition) is 1. The number of nitrogens with zero attached hydrogens (tertiary/aromatic N) is 2. The fraction of sp³-hybridized carbons (Fsp3) is 0.455. The largest absolute Gasteiger partial charge is 0.356 e. The number of fused-ring (bicyclic) bond motifs is 2. The number of rotatable bonds is 5. The predicted molar refractivity (Wildman–Crippen MR) is 106 cm³/mol. The molecule has 0 aromatic carbocycles. The quantitative estimate of drug-likeness (QED) is 0.880. The fourth-order valence-electron chi connectivity index (χ4n) is 4.13. The predicted octanol–water partition coefficient (Wildman–Crippen LogP) is 3.64. The van der Waals surface area contributed by atoms with Crippen LogP contribution in [-0.4, -0.2) is 28.2 Å². The number of aryl methyl sites for hydroxylation is 2. The van der Waals surface area contributed by atoms with E-state index in [1.165, 1.54) is 12.0 Å². The first-order valence-electron chi connectivity index (χ1n) is 9.87. The van der Waals surface area contributed by atoms with Crippen molar-refractivity contribution in [1.29, 1.82) is 0 Å². The van der Waals surface area contributed by atoms with Gasteiger partial charge in [0.1, 0.15) is 5.69 Å². The van der Waals surface area contributed by atoms with Crippen molar-refractivity contribution >= 4 is 28.0 Å². The van der Waals surface area contributed by atoms with Crippen LogP contribution < -0.4 is 5.32 Å². The van der Waals surface area contributed by atoms with Gasteiger partial charge >= 0.3 is 0 Å². The molecule has 4 rings (SSSR count). The Hall–Kier alpha value is -2.56. The van der Waals surface area contributed by atoms with E-state index in [9.17, 15) is 9.59 Å². The zero-order valence-electron chi connectivity index (χ0n) is 16.0. The van der Waals surface area contributed by atoms with Crippen molar-refractivity contribution in [3.63, 3.8) is 0 Å². The van der Waals surface area contributed by atoms with E-state index >= 15 is 0 Å². The van der Waals surface area contributed by atoms with E-state index in [0.717, 1.165) is 47.0 Å². The lowest BCUT2D eigenvalue weighted by molar-refractivity contribution is -0.121. The van der Waals surface area contributed by atoms with E-state index in [1.54, 1.807) is 12.3 Å². The number of ketones is 1. The van der Waals surface area contributed by atoms with Gasteiger partial charge in [0.2, 0.25) is 11.7 Å². The highest BCUT2D eigenvalue weighted by molar-refractivity contribution is 6.20. The first-order chi connectivity index (χ1) is 13.0. The number of nitrogens with one attached hydrogen (secondary N) is 1. The van der Waals surface area contributed by atoms with Gasteiger partial charge in [-0.25, -0.2) is 0 Å². The van der Waals surface area contributed by atoms with Crippen molar-refractivity contribution in [2.45, 2.75) is 52.4 Å². The molecule has 0 fully saturated rings. The fourth-order valence-corrected chi connectivity index (χ4v) is 4.13. The van der Waals surface area contributed by atoms with Crippen LogP contribution in [-0.2, 0) is 17.6 Å². The SMILES string of the molecule is CC(C)CC(=O)NCCC1=CC(=O)c2nccc3c4c(nc1c23)CCCC4. The van der Waals surface area contributed by atoms with E-state index in [0.29, 0.717) is 31.0 Å². The minimum atomic E-state index is -0.0610. The smallest absolute Gasteiger partial charge is 0.220 e. The second-order valence-electron chi connectivity index (χ2n) is 7.91. The molecule has 2 aromatic rings. The second kappa shape index (κ2) is 7.22. The van der Waals surface area contributed by atoms with Crippen molar-refractivity contribution in [3.05, 3.63) is 41.0 Å². The molecule has 0 atom stereocenters. The number of pyridine rings is 2. The Morgan fingerprint density at radius 1 is 1.22 bits per heavy atom. The van der Waals surface area contributed by atoms with Gasteiger partial charge in [0, 0.05) is 30.2 Å². The minimum Gasteiger partial charge on any atom is -0.356 e.